The molecule has 100 valence electrons. The Kier molecular flexibility index (Phi) is 4.91. The van der Waals surface area contributed by atoms with Crippen molar-refractivity contribution in [1.82, 2.24) is 9.21 Å². The van der Waals surface area contributed by atoms with Crippen molar-refractivity contribution in [1.29, 1.82) is 0 Å². The maximum atomic E-state index is 12.0. The molecule has 0 aromatic heterocycles. The third kappa shape index (κ3) is 3.93. The van der Waals surface area contributed by atoms with Crippen molar-refractivity contribution in [2.45, 2.75) is 25.5 Å². The summed E-state index contributed by atoms with van der Waals surface area (Å²) in [6, 6.07) is 0. The highest BCUT2D eigenvalue weighted by atomic mass is 32.2. The smallest absolute Gasteiger partial charge is 0.317 e. The number of aliphatic carboxylic acids is 1. The van der Waals surface area contributed by atoms with Gasteiger partial charge in [-0.05, 0) is 20.3 Å². The fraction of sp³-hybridized carbons (Fsp3) is 0.900. The van der Waals surface area contributed by atoms with Crippen LogP contribution < -0.4 is 0 Å². The molecule has 1 rings (SSSR count). The molecule has 7 heteroatoms. The monoisotopic (exact) mass is 264 g/mol. The van der Waals surface area contributed by atoms with Crippen molar-refractivity contribution < 1.29 is 18.3 Å². The van der Waals surface area contributed by atoms with Gasteiger partial charge in [0, 0.05) is 26.2 Å². The Labute approximate surface area is 102 Å². The highest BCUT2D eigenvalue weighted by Gasteiger charge is 2.27. The lowest BCUT2D eigenvalue weighted by atomic mass is 10.4. The molecule has 1 fully saturated rings. The van der Waals surface area contributed by atoms with Crippen molar-refractivity contribution in [2.24, 2.45) is 0 Å². The van der Waals surface area contributed by atoms with Crippen LogP contribution in [0.3, 0.4) is 0 Å². The summed E-state index contributed by atoms with van der Waals surface area (Å²) >= 11 is 0. The van der Waals surface area contributed by atoms with Gasteiger partial charge in [0.15, 0.2) is 0 Å². The molecule has 0 spiro atoms. The Morgan fingerprint density at radius 3 is 2.41 bits per heavy atom. The van der Waals surface area contributed by atoms with Crippen molar-refractivity contribution in [3.05, 3.63) is 0 Å². The van der Waals surface area contributed by atoms with Gasteiger partial charge in [0.05, 0.1) is 11.8 Å². The summed E-state index contributed by atoms with van der Waals surface area (Å²) in [5.41, 5.74) is 0. The summed E-state index contributed by atoms with van der Waals surface area (Å²) in [6.45, 7) is 5.29. The number of carboxylic acid groups (broad SMARTS) is 1. The summed E-state index contributed by atoms with van der Waals surface area (Å²) in [6.07, 6.45) is 0.680. The zero-order valence-corrected chi connectivity index (χ0v) is 11.1. The molecule has 1 aliphatic rings. The fourth-order valence-electron chi connectivity index (χ4n) is 1.85. The molecular formula is C10H20N2O4S. The van der Waals surface area contributed by atoms with Crippen LogP contribution in [0.4, 0.5) is 0 Å². The molecule has 1 N–H and O–H groups in total. The molecule has 0 aromatic rings. The van der Waals surface area contributed by atoms with Crippen molar-refractivity contribution in [3.8, 4) is 0 Å². The fourth-order valence-corrected chi connectivity index (χ4v) is 3.17. The molecule has 6 nitrogen and oxygen atoms in total. The summed E-state index contributed by atoms with van der Waals surface area (Å²) in [5, 5.41) is 8.28. The van der Waals surface area contributed by atoms with Crippen molar-refractivity contribution in [3.63, 3.8) is 0 Å². The Balaban J connectivity index is 2.62. The van der Waals surface area contributed by atoms with Crippen molar-refractivity contribution >= 4 is 16.0 Å². The second-order valence-electron chi connectivity index (χ2n) is 4.52. The first kappa shape index (κ1) is 14.4. The Hall–Kier alpha value is -0.660. The van der Waals surface area contributed by atoms with Crippen LogP contribution in [0.15, 0.2) is 0 Å². The molecule has 0 amide bonds. The largest absolute Gasteiger partial charge is 0.480 e. The molecular weight excluding hydrogens is 244 g/mol. The van der Waals surface area contributed by atoms with Gasteiger partial charge in [0.25, 0.3) is 0 Å². The first-order valence-electron chi connectivity index (χ1n) is 5.77. The lowest BCUT2D eigenvalue weighted by Crippen LogP contribution is -2.39. The number of hydrogen-bond donors (Lipinski definition) is 1. The zero-order valence-electron chi connectivity index (χ0n) is 10.3. The highest BCUT2D eigenvalue weighted by molar-refractivity contribution is 7.89. The number of hydrogen-bond acceptors (Lipinski definition) is 4. The maximum absolute atomic E-state index is 12.0. The highest BCUT2D eigenvalue weighted by Crippen LogP contribution is 2.12. The van der Waals surface area contributed by atoms with E-state index in [4.69, 9.17) is 5.11 Å². The molecule has 1 saturated heterocycles. The Bertz CT molecular complexity index is 367. The average Bonchev–Trinajstić information content (AvgIpc) is 2.42. The Morgan fingerprint density at radius 2 is 1.88 bits per heavy atom. The van der Waals surface area contributed by atoms with Gasteiger partial charge < -0.3 is 5.11 Å². The Morgan fingerprint density at radius 1 is 1.24 bits per heavy atom. The maximum Gasteiger partial charge on any atom is 0.317 e. The molecule has 0 radical (unpaired) electrons. The van der Waals surface area contributed by atoms with E-state index in [2.05, 4.69) is 0 Å². The topological polar surface area (TPSA) is 77.9 Å². The van der Waals surface area contributed by atoms with E-state index in [1.54, 1.807) is 18.7 Å². The molecule has 0 saturated carbocycles. The number of rotatable bonds is 4. The molecule has 0 unspecified atom stereocenters. The second-order valence-corrected chi connectivity index (χ2v) is 7.01. The van der Waals surface area contributed by atoms with Crippen LogP contribution in [-0.4, -0.2) is 66.7 Å². The normalized spacial score (nSPS) is 20.4. The number of nitrogens with zero attached hydrogens (tertiary/aromatic N) is 2. The molecule has 0 bridgehead atoms. The third-order valence-electron chi connectivity index (χ3n) is 2.86. The van der Waals surface area contributed by atoms with E-state index in [-0.39, 0.29) is 6.54 Å². The lowest BCUT2D eigenvalue weighted by molar-refractivity contribution is -0.138. The molecule has 1 heterocycles. The van der Waals surface area contributed by atoms with E-state index < -0.39 is 21.2 Å². The van der Waals surface area contributed by atoms with Crippen molar-refractivity contribution in [2.75, 3.05) is 32.7 Å². The van der Waals surface area contributed by atoms with Crippen LogP contribution in [-0.2, 0) is 14.8 Å². The lowest BCUT2D eigenvalue weighted by Gasteiger charge is -2.22. The minimum Gasteiger partial charge on any atom is -0.480 e. The van der Waals surface area contributed by atoms with Gasteiger partial charge in [-0.15, -0.1) is 0 Å². The number of carboxylic acids is 1. The van der Waals surface area contributed by atoms with Gasteiger partial charge in [-0.1, -0.05) is 0 Å². The molecule has 17 heavy (non-hydrogen) atoms. The van der Waals surface area contributed by atoms with Gasteiger partial charge in [0.1, 0.15) is 0 Å². The molecule has 0 aliphatic carbocycles. The molecule has 0 atom stereocenters. The summed E-state index contributed by atoms with van der Waals surface area (Å²) in [4.78, 5) is 12.4. The molecule has 0 aromatic carbocycles. The van der Waals surface area contributed by atoms with Crippen LogP contribution in [0.5, 0.6) is 0 Å². The minimum atomic E-state index is -3.22. The van der Waals surface area contributed by atoms with E-state index in [9.17, 15) is 13.2 Å². The van der Waals surface area contributed by atoms with Gasteiger partial charge in [0.2, 0.25) is 10.0 Å². The zero-order chi connectivity index (χ0) is 13.1. The average molecular weight is 264 g/mol. The standard InChI is InChI=1S/C10H20N2O4S/c1-9(2)17(15,16)12-5-3-4-11(6-7-12)8-10(13)14/h9H,3-8H2,1-2H3,(H,13,14). The summed E-state index contributed by atoms with van der Waals surface area (Å²) < 4.78 is 25.4. The van der Waals surface area contributed by atoms with E-state index in [1.807, 2.05) is 0 Å². The summed E-state index contributed by atoms with van der Waals surface area (Å²) in [5.74, 6) is -0.870. The SMILES string of the molecule is CC(C)S(=O)(=O)N1CCCN(CC(=O)O)CC1. The van der Waals surface area contributed by atoms with Gasteiger partial charge >= 0.3 is 5.97 Å². The second kappa shape index (κ2) is 5.79. The minimum absolute atomic E-state index is 0.0183. The van der Waals surface area contributed by atoms with E-state index in [0.29, 0.717) is 32.6 Å². The van der Waals surface area contributed by atoms with Crippen LogP contribution in [0.1, 0.15) is 20.3 Å². The predicted molar refractivity (Wildman–Crippen MR) is 64.3 cm³/mol. The predicted octanol–water partition coefficient (Wildman–Crippen LogP) is -0.183. The quantitative estimate of drug-likeness (QED) is 0.762. The van der Waals surface area contributed by atoms with Gasteiger partial charge in [-0.3, -0.25) is 9.69 Å². The van der Waals surface area contributed by atoms with Crippen LogP contribution in [0.25, 0.3) is 0 Å². The third-order valence-corrected chi connectivity index (χ3v) is 5.14. The first-order valence-corrected chi connectivity index (χ1v) is 7.27. The van der Waals surface area contributed by atoms with Crippen LogP contribution in [0, 0.1) is 0 Å². The summed E-state index contributed by atoms with van der Waals surface area (Å²) in [7, 11) is -3.22. The first-order chi connectivity index (χ1) is 7.84. The van der Waals surface area contributed by atoms with Crippen LogP contribution >= 0.6 is 0 Å². The number of carbonyl (C=O) groups is 1. The van der Waals surface area contributed by atoms with E-state index in [1.165, 1.54) is 4.31 Å². The van der Waals surface area contributed by atoms with Gasteiger partial charge in [-0.2, -0.15) is 0 Å². The van der Waals surface area contributed by atoms with E-state index >= 15 is 0 Å². The van der Waals surface area contributed by atoms with Crippen LogP contribution in [0.2, 0.25) is 0 Å². The molecule has 1 aliphatic heterocycles. The number of sulfonamides is 1. The van der Waals surface area contributed by atoms with Gasteiger partial charge in [-0.25, -0.2) is 12.7 Å². The van der Waals surface area contributed by atoms with E-state index in [0.717, 1.165) is 0 Å².